The number of esters is 1. The van der Waals surface area contributed by atoms with Gasteiger partial charge in [0.15, 0.2) is 0 Å². The van der Waals surface area contributed by atoms with Crippen LogP contribution in [-0.2, 0) is 9.53 Å². The van der Waals surface area contributed by atoms with E-state index in [9.17, 15) is 4.79 Å². The highest BCUT2D eigenvalue weighted by Gasteiger charge is 2.50. The van der Waals surface area contributed by atoms with Crippen molar-refractivity contribution in [1.29, 1.82) is 0 Å². The van der Waals surface area contributed by atoms with E-state index in [-0.39, 0.29) is 5.97 Å². The fourth-order valence-corrected chi connectivity index (χ4v) is 4.66. The maximum Gasteiger partial charge on any atom is 0.327 e. The van der Waals surface area contributed by atoms with Crippen molar-refractivity contribution < 1.29 is 9.53 Å². The standard InChI is InChI=1S/C16H28N2O2/c1-18(9-13-8-11-3-4-12(13)7-11)10-16(17,14-5-6-14)15(19)20-2/h11-14H,3-10,17H2,1-2H3. The molecule has 0 aliphatic heterocycles. The largest absolute Gasteiger partial charge is 0.468 e. The van der Waals surface area contributed by atoms with E-state index in [0.717, 1.165) is 37.1 Å². The lowest BCUT2D eigenvalue weighted by Crippen LogP contribution is -2.58. The number of likely N-dealkylation sites (N-methyl/N-ethyl adjacent to an activating group) is 1. The molecule has 0 radical (unpaired) electrons. The number of carbonyl (C=O) groups excluding carboxylic acids is 1. The van der Waals surface area contributed by atoms with Gasteiger partial charge in [-0.1, -0.05) is 6.42 Å². The second-order valence-corrected chi connectivity index (χ2v) is 7.44. The predicted octanol–water partition coefficient (Wildman–Crippen LogP) is 1.63. The van der Waals surface area contributed by atoms with Crippen LogP contribution in [0, 0.1) is 23.7 Å². The molecule has 0 heterocycles. The van der Waals surface area contributed by atoms with Gasteiger partial charge in [-0.3, -0.25) is 4.79 Å². The molecule has 0 amide bonds. The van der Waals surface area contributed by atoms with E-state index in [2.05, 4.69) is 11.9 Å². The van der Waals surface area contributed by atoms with Crippen molar-refractivity contribution in [3.05, 3.63) is 0 Å². The Labute approximate surface area is 122 Å². The van der Waals surface area contributed by atoms with Crippen molar-refractivity contribution in [2.24, 2.45) is 29.4 Å². The third-order valence-electron chi connectivity index (χ3n) is 5.83. The normalized spacial score (nSPS) is 35.3. The van der Waals surface area contributed by atoms with Crippen LogP contribution in [0.2, 0.25) is 0 Å². The molecule has 0 spiro atoms. The van der Waals surface area contributed by atoms with Gasteiger partial charge in [-0.2, -0.15) is 0 Å². The summed E-state index contributed by atoms with van der Waals surface area (Å²) in [4.78, 5) is 14.3. The van der Waals surface area contributed by atoms with Gasteiger partial charge in [0.05, 0.1) is 7.11 Å². The molecular weight excluding hydrogens is 252 g/mol. The first-order chi connectivity index (χ1) is 9.53. The number of carbonyl (C=O) groups is 1. The minimum Gasteiger partial charge on any atom is -0.468 e. The van der Waals surface area contributed by atoms with Gasteiger partial charge in [0.2, 0.25) is 0 Å². The second-order valence-electron chi connectivity index (χ2n) is 7.44. The lowest BCUT2D eigenvalue weighted by Gasteiger charge is -2.34. The third kappa shape index (κ3) is 2.60. The van der Waals surface area contributed by atoms with Crippen molar-refractivity contribution in [3.8, 4) is 0 Å². The van der Waals surface area contributed by atoms with E-state index >= 15 is 0 Å². The van der Waals surface area contributed by atoms with Gasteiger partial charge in [0.1, 0.15) is 5.54 Å². The maximum absolute atomic E-state index is 12.0. The van der Waals surface area contributed by atoms with Gasteiger partial charge in [-0.05, 0) is 62.8 Å². The molecule has 2 bridgehead atoms. The van der Waals surface area contributed by atoms with Crippen LogP contribution >= 0.6 is 0 Å². The summed E-state index contributed by atoms with van der Waals surface area (Å²) < 4.78 is 4.95. The molecule has 0 aromatic carbocycles. The Morgan fingerprint density at radius 3 is 2.55 bits per heavy atom. The van der Waals surface area contributed by atoms with Crippen molar-refractivity contribution in [2.45, 2.75) is 44.1 Å². The molecule has 3 aliphatic rings. The van der Waals surface area contributed by atoms with Crippen molar-refractivity contribution in [2.75, 3.05) is 27.2 Å². The molecule has 0 aromatic rings. The van der Waals surface area contributed by atoms with Crippen LogP contribution in [-0.4, -0.2) is 43.7 Å². The quantitative estimate of drug-likeness (QED) is 0.751. The Kier molecular flexibility index (Phi) is 3.80. The number of fused-ring (bicyclic) bond motifs is 2. The van der Waals surface area contributed by atoms with E-state index in [1.807, 2.05) is 0 Å². The van der Waals surface area contributed by atoms with Crippen LogP contribution < -0.4 is 5.73 Å². The van der Waals surface area contributed by atoms with Crippen LogP contribution in [0.15, 0.2) is 0 Å². The molecule has 4 heteroatoms. The number of rotatable bonds is 6. The monoisotopic (exact) mass is 280 g/mol. The summed E-state index contributed by atoms with van der Waals surface area (Å²) in [7, 11) is 3.56. The lowest BCUT2D eigenvalue weighted by atomic mass is 9.87. The number of ether oxygens (including phenoxy) is 1. The van der Waals surface area contributed by atoms with Crippen molar-refractivity contribution in [3.63, 3.8) is 0 Å². The number of nitrogens with zero attached hydrogens (tertiary/aromatic N) is 1. The van der Waals surface area contributed by atoms with Gasteiger partial charge in [-0.15, -0.1) is 0 Å². The molecule has 4 unspecified atom stereocenters. The lowest BCUT2D eigenvalue weighted by molar-refractivity contribution is -0.148. The number of hydrogen-bond donors (Lipinski definition) is 1. The zero-order valence-electron chi connectivity index (χ0n) is 12.8. The van der Waals surface area contributed by atoms with E-state index in [4.69, 9.17) is 10.5 Å². The molecule has 3 fully saturated rings. The van der Waals surface area contributed by atoms with Gasteiger partial charge >= 0.3 is 5.97 Å². The second kappa shape index (κ2) is 5.30. The Morgan fingerprint density at radius 1 is 1.30 bits per heavy atom. The molecule has 4 atom stereocenters. The zero-order valence-corrected chi connectivity index (χ0v) is 12.8. The van der Waals surface area contributed by atoms with E-state index < -0.39 is 5.54 Å². The first-order valence-electron chi connectivity index (χ1n) is 8.08. The summed E-state index contributed by atoms with van der Waals surface area (Å²) >= 11 is 0. The summed E-state index contributed by atoms with van der Waals surface area (Å²) in [6, 6.07) is 0. The summed E-state index contributed by atoms with van der Waals surface area (Å²) in [6.07, 6.45) is 7.80. The predicted molar refractivity (Wildman–Crippen MR) is 78.1 cm³/mol. The van der Waals surface area contributed by atoms with Crippen LogP contribution in [0.3, 0.4) is 0 Å². The van der Waals surface area contributed by atoms with E-state index in [1.54, 1.807) is 0 Å². The number of hydrogen-bond acceptors (Lipinski definition) is 4. The van der Waals surface area contributed by atoms with E-state index in [0.29, 0.717) is 12.5 Å². The molecule has 114 valence electrons. The number of nitrogens with two attached hydrogens (primary N) is 1. The topological polar surface area (TPSA) is 55.6 Å². The summed E-state index contributed by atoms with van der Waals surface area (Å²) in [6.45, 7) is 1.72. The Hall–Kier alpha value is -0.610. The van der Waals surface area contributed by atoms with Crippen LogP contribution in [0.25, 0.3) is 0 Å². The van der Waals surface area contributed by atoms with Gasteiger partial charge in [0, 0.05) is 13.1 Å². The van der Waals surface area contributed by atoms with Gasteiger partial charge in [0.25, 0.3) is 0 Å². The SMILES string of the molecule is COC(=O)C(N)(CN(C)CC1CC2CCC1C2)C1CC1. The Bertz CT molecular complexity index is 383. The summed E-state index contributed by atoms with van der Waals surface area (Å²) in [5.74, 6) is 2.80. The van der Waals surface area contributed by atoms with Gasteiger partial charge < -0.3 is 15.4 Å². The molecule has 2 N–H and O–H groups in total. The molecule has 0 aromatic heterocycles. The average Bonchev–Trinajstić information content (AvgIpc) is 3.09. The third-order valence-corrected chi connectivity index (χ3v) is 5.83. The Morgan fingerprint density at radius 2 is 2.05 bits per heavy atom. The van der Waals surface area contributed by atoms with Crippen LogP contribution in [0.5, 0.6) is 0 Å². The van der Waals surface area contributed by atoms with Gasteiger partial charge in [-0.25, -0.2) is 0 Å². The number of methoxy groups -OCH3 is 1. The summed E-state index contributed by atoms with van der Waals surface area (Å²) in [5, 5.41) is 0. The first-order valence-corrected chi connectivity index (χ1v) is 8.08. The van der Waals surface area contributed by atoms with Crippen LogP contribution in [0.1, 0.15) is 38.5 Å². The highest BCUT2D eigenvalue weighted by atomic mass is 16.5. The molecule has 3 saturated carbocycles. The minimum atomic E-state index is -0.791. The highest BCUT2D eigenvalue weighted by molar-refractivity contribution is 5.81. The van der Waals surface area contributed by atoms with Crippen molar-refractivity contribution in [1.82, 2.24) is 4.90 Å². The fourth-order valence-electron chi connectivity index (χ4n) is 4.66. The summed E-state index contributed by atoms with van der Waals surface area (Å²) in [5.41, 5.74) is 5.60. The van der Waals surface area contributed by atoms with Crippen molar-refractivity contribution >= 4 is 5.97 Å². The molecule has 0 saturated heterocycles. The zero-order chi connectivity index (χ0) is 14.3. The Balaban J connectivity index is 1.57. The molecule has 4 nitrogen and oxygen atoms in total. The molecule has 20 heavy (non-hydrogen) atoms. The highest BCUT2D eigenvalue weighted by Crippen LogP contribution is 2.48. The molecule has 3 aliphatic carbocycles. The maximum atomic E-state index is 12.0. The smallest absolute Gasteiger partial charge is 0.327 e. The van der Waals surface area contributed by atoms with E-state index in [1.165, 1.54) is 32.8 Å². The average molecular weight is 280 g/mol. The molecule has 3 rings (SSSR count). The van der Waals surface area contributed by atoms with Crippen LogP contribution in [0.4, 0.5) is 0 Å². The first kappa shape index (κ1) is 14.3. The minimum absolute atomic E-state index is 0.236. The molecular formula is C16H28N2O2. The fraction of sp³-hybridized carbons (Fsp3) is 0.938.